The van der Waals surface area contributed by atoms with E-state index in [1.165, 1.54) is 49.0 Å². The zero-order valence-corrected chi connectivity index (χ0v) is 19.2. The third-order valence-electron chi connectivity index (χ3n) is 6.68. The molecule has 1 aliphatic heterocycles. The molecule has 3 heteroatoms. The lowest BCUT2D eigenvalue weighted by atomic mass is 9.88. The summed E-state index contributed by atoms with van der Waals surface area (Å²) in [6, 6.07) is 24.8. The van der Waals surface area contributed by atoms with Gasteiger partial charge in [-0.25, -0.2) is 0 Å². The van der Waals surface area contributed by atoms with Crippen LogP contribution in [0.25, 0.3) is 11.1 Å². The molecule has 0 bridgehead atoms. The smallest absolute Gasteiger partial charge is 0.123 e. The van der Waals surface area contributed by atoms with Crippen LogP contribution in [0, 0.1) is 5.92 Å². The molecule has 0 amide bonds. The Morgan fingerprint density at radius 2 is 1.59 bits per heavy atom. The Kier molecular flexibility index (Phi) is 7.97. The Morgan fingerprint density at radius 1 is 0.844 bits per heavy atom. The van der Waals surface area contributed by atoms with E-state index in [2.05, 4.69) is 54.4 Å². The van der Waals surface area contributed by atoms with Gasteiger partial charge in [-0.2, -0.15) is 0 Å². The molecule has 1 saturated heterocycles. The second kappa shape index (κ2) is 11.3. The maximum atomic E-state index is 10.6. The summed E-state index contributed by atoms with van der Waals surface area (Å²) in [7, 11) is 2.22. The molecule has 1 heterocycles. The van der Waals surface area contributed by atoms with Gasteiger partial charge in [0.15, 0.2) is 0 Å². The molecule has 0 aromatic heterocycles. The lowest BCUT2D eigenvalue weighted by molar-refractivity contribution is 0.124. The van der Waals surface area contributed by atoms with Crippen LogP contribution in [0.5, 0.6) is 5.75 Å². The molecule has 0 radical (unpaired) electrons. The molecule has 0 spiro atoms. The van der Waals surface area contributed by atoms with Gasteiger partial charge in [0, 0.05) is 5.56 Å². The summed E-state index contributed by atoms with van der Waals surface area (Å²) in [4.78, 5) is 2.43. The van der Waals surface area contributed by atoms with Gasteiger partial charge < -0.3 is 14.7 Å². The van der Waals surface area contributed by atoms with Gasteiger partial charge in [-0.05, 0) is 92.5 Å². The topological polar surface area (TPSA) is 32.7 Å². The molecule has 1 aliphatic rings. The number of phenols is 1. The highest BCUT2D eigenvalue weighted by Crippen LogP contribution is 2.34. The van der Waals surface area contributed by atoms with Crippen molar-refractivity contribution in [2.45, 2.75) is 38.7 Å². The first-order valence-corrected chi connectivity index (χ1v) is 11.9. The van der Waals surface area contributed by atoms with Gasteiger partial charge in [-0.15, -0.1) is 0 Å². The molecule has 32 heavy (non-hydrogen) atoms. The van der Waals surface area contributed by atoms with Gasteiger partial charge in [0.05, 0.1) is 13.2 Å². The summed E-state index contributed by atoms with van der Waals surface area (Å²) < 4.78 is 5.87. The van der Waals surface area contributed by atoms with Crippen LogP contribution in [0.4, 0.5) is 0 Å². The van der Waals surface area contributed by atoms with Crippen molar-refractivity contribution in [2.24, 2.45) is 5.92 Å². The maximum absolute atomic E-state index is 10.6. The molecule has 168 valence electrons. The highest BCUT2D eigenvalue weighted by atomic mass is 16.5. The monoisotopic (exact) mass is 429 g/mol. The Hall–Kier alpha value is -2.62. The molecule has 3 aromatic carbocycles. The number of benzene rings is 3. The Labute approximate surface area is 192 Å². The van der Waals surface area contributed by atoms with E-state index in [0.717, 1.165) is 29.9 Å². The number of nitrogens with zero attached hydrogens (tertiary/aromatic N) is 1. The highest BCUT2D eigenvalue weighted by molar-refractivity contribution is 5.73. The fraction of sp³-hybridized carbons (Fsp3) is 0.379. The second-order valence-corrected chi connectivity index (χ2v) is 9.08. The average Bonchev–Trinajstić information content (AvgIpc) is 2.83. The van der Waals surface area contributed by atoms with E-state index in [4.69, 9.17) is 4.74 Å². The van der Waals surface area contributed by atoms with Crippen LogP contribution in [0.1, 0.15) is 36.0 Å². The average molecular weight is 430 g/mol. The molecule has 1 N–H and O–H groups in total. The SMILES string of the molecule is CN1CCC(CCc2ccccc2-c2cc(CCOCc3ccccc3)ccc2O)CC1. The first-order valence-electron chi connectivity index (χ1n) is 11.9. The minimum absolute atomic E-state index is 0.352. The zero-order chi connectivity index (χ0) is 22.2. The van der Waals surface area contributed by atoms with E-state index in [1.807, 2.05) is 30.3 Å². The lowest BCUT2D eigenvalue weighted by Gasteiger charge is -2.29. The summed E-state index contributed by atoms with van der Waals surface area (Å²) in [5, 5.41) is 10.6. The Balaban J connectivity index is 1.39. The molecule has 0 aliphatic carbocycles. The van der Waals surface area contributed by atoms with Gasteiger partial charge in [-0.1, -0.05) is 60.7 Å². The van der Waals surface area contributed by atoms with Crippen LogP contribution in [0.2, 0.25) is 0 Å². The molecule has 4 rings (SSSR count). The fourth-order valence-corrected chi connectivity index (χ4v) is 4.62. The van der Waals surface area contributed by atoms with Crippen LogP contribution in [-0.2, 0) is 24.2 Å². The first kappa shape index (κ1) is 22.6. The summed E-state index contributed by atoms with van der Waals surface area (Å²) in [5.74, 6) is 1.16. The highest BCUT2D eigenvalue weighted by Gasteiger charge is 2.17. The standard InChI is InChI=1S/C29H35NO2/c1-30-18-15-23(16-19-30)11-13-26-9-5-6-10-27(26)28-21-24(12-14-29(28)31)17-20-32-22-25-7-3-2-4-8-25/h2-10,12,14,21,23,31H,11,13,15-20,22H2,1H3. The van der Waals surface area contributed by atoms with Crippen molar-refractivity contribution in [1.82, 2.24) is 4.90 Å². The van der Waals surface area contributed by atoms with Crippen molar-refractivity contribution in [1.29, 1.82) is 0 Å². The summed E-state index contributed by atoms with van der Waals surface area (Å²) in [6.45, 7) is 3.71. The summed E-state index contributed by atoms with van der Waals surface area (Å²) in [6.07, 6.45) is 5.70. The molecule has 0 unspecified atom stereocenters. The van der Waals surface area contributed by atoms with Gasteiger partial charge in [0.2, 0.25) is 0 Å². The van der Waals surface area contributed by atoms with E-state index in [0.29, 0.717) is 19.0 Å². The molecule has 0 saturated carbocycles. The molecular weight excluding hydrogens is 394 g/mol. The van der Waals surface area contributed by atoms with Crippen molar-refractivity contribution < 1.29 is 9.84 Å². The number of aromatic hydroxyl groups is 1. The maximum Gasteiger partial charge on any atom is 0.123 e. The molecule has 0 atom stereocenters. The van der Waals surface area contributed by atoms with Crippen LogP contribution in [0.3, 0.4) is 0 Å². The quantitative estimate of drug-likeness (QED) is 0.418. The number of phenolic OH excluding ortho intramolecular Hbond substituents is 1. The number of aryl methyl sites for hydroxylation is 1. The fourth-order valence-electron chi connectivity index (χ4n) is 4.62. The predicted molar refractivity (Wildman–Crippen MR) is 132 cm³/mol. The van der Waals surface area contributed by atoms with Crippen LogP contribution in [-0.4, -0.2) is 36.8 Å². The Bertz CT molecular complexity index is 977. The van der Waals surface area contributed by atoms with Gasteiger partial charge in [0.25, 0.3) is 0 Å². The van der Waals surface area contributed by atoms with Crippen molar-refractivity contribution in [3.63, 3.8) is 0 Å². The van der Waals surface area contributed by atoms with Gasteiger partial charge >= 0.3 is 0 Å². The third-order valence-corrected chi connectivity index (χ3v) is 6.68. The third kappa shape index (κ3) is 6.21. The van der Waals surface area contributed by atoms with E-state index >= 15 is 0 Å². The van der Waals surface area contributed by atoms with Crippen LogP contribution in [0.15, 0.2) is 72.8 Å². The second-order valence-electron chi connectivity index (χ2n) is 9.08. The number of ether oxygens (including phenoxy) is 1. The number of piperidine rings is 1. The number of hydrogen-bond donors (Lipinski definition) is 1. The van der Waals surface area contributed by atoms with E-state index in [9.17, 15) is 5.11 Å². The first-order chi connectivity index (χ1) is 15.7. The van der Waals surface area contributed by atoms with E-state index in [1.54, 1.807) is 0 Å². The molecule has 3 aromatic rings. The minimum Gasteiger partial charge on any atom is -0.507 e. The minimum atomic E-state index is 0.352. The van der Waals surface area contributed by atoms with E-state index < -0.39 is 0 Å². The summed E-state index contributed by atoms with van der Waals surface area (Å²) in [5.41, 5.74) is 5.81. The zero-order valence-electron chi connectivity index (χ0n) is 19.2. The Morgan fingerprint density at radius 3 is 2.41 bits per heavy atom. The van der Waals surface area contributed by atoms with Crippen molar-refractivity contribution in [3.05, 3.63) is 89.5 Å². The van der Waals surface area contributed by atoms with Crippen molar-refractivity contribution >= 4 is 0 Å². The molecule has 1 fully saturated rings. The predicted octanol–water partition coefficient (Wildman–Crippen LogP) is 6.09. The van der Waals surface area contributed by atoms with Crippen molar-refractivity contribution in [2.75, 3.05) is 26.7 Å². The molecule has 3 nitrogen and oxygen atoms in total. The molecular formula is C29H35NO2. The summed E-state index contributed by atoms with van der Waals surface area (Å²) >= 11 is 0. The van der Waals surface area contributed by atoms with Crippen LogP contribution < -0.4 is 0 Å². The van der Waals surface area contributed by atoms with Crippen LogP contribution >= 0.6 is 0 Å². The number of rotatable bonds is 9. The van der Waals surface area contributed by atoms with Crippen molar-refractivity contribution in [3.8, 4) is 16.9 Å². The largest absolute Gasteiger partial charge is 0.507 e. The van der Waals surface area contributed by atoms with Gasteiger partial charge in [0.1, 0.15) is 5.75 Å². The lowest BCUT2D eigenvalue weighted by Crippen LogP contribution is -2.30. The van der Waals surface area contributed by atoms with Gasteiger partial charge in [-0.3, -0.25) is 0 Å². The number of hydrogen-bond acceptors (Lipinski definition) is 3. The number of likely N-dealkylation sites (tertiary alicyclic amines) is 1. The normalized spacial score (nSPS) is 15.2. The van der Waals surface area contributed by atoms with E-state index in [-0.39, 0.29) is 0 Å².